The van der Waals surface area contributed by atoms with Gasteiger partial charge < -0.3 is 9.47 Å². The van der Waals surface area contributed by atoms with Gasteiger partial charge in [0.2, 0.25) is 0 Å². The van der Waals surface area contributed by atoms with Crippen LogP contribution < -0.4 is 4.90 Å². The Morgan fingerprint density at radius 2 is 0.807 bits per heavy atom. The lowest BCUT2D eigenvalue weighted by molar-refractivity contribution is 0.748. The first-order valence-corrected chi connectivity index (χ1v) is 19.8. The van der Waals surface area contributed by atoms with Crippen molar-refractivity contribution in [2.24, 2.45) is 0 Å². The highest BCUT2D eigenvalue weighted by atomic mass is 15.1. The van der Waals surface area contributed by atoms with Gasteiger partial charge in [0.25, 0.3) is 0 Å². The van der Waals surface area contributed by atoms with Crippen molar-refractivity contribution in [3.05, 3.63) is 241 Å². The van der Waals surface area contributed by atoms with E-state index in [-0.39, 0.29) is 0 Å². The maximum absolute atomic E-state index is 2.53. The number of aromatic nitrogens is 1. The monoisotopic (exact) mass is 724 g/mol. The van der Waals surface area contributed by atoms with Gasteiger partial charge in [0, 0.05) is 27.8 Å². The average Bonchev–Trinajstić information content (AvgIpc) is 3.78. The number of fused-ring (bicyclic) bond motifs is 12. The molecule has 2 heterocycles. The summed E-state index contributed by atoms with van der Waals surface area (Å²) in [5.41, 5.74) is 19.5. The molecule has 2 heteroatoms. The molecule has 10 aromatic rings. The van der Waals surface area contributed by atoms with Crippen molar-refractivity contribution in [3.8, 4) is 39.1 Å². The summed E-state index contributed by atoms with van der Waals surface area (Å²) < 4.78 is 2.53. The van der Waals surface area contributed by atoms with Gasteiger partial charge in [-0.15, -0.1) is 0 Å². The van der Waals surface area contributed by atoms with E-state index in [0.29, 0.717) is 0 Å². The fourth-order valence-electron chi connectivity index (χ4n) is 10.0. The SMILES string of the molecule is c1ccc(-c2ccc(N(c3ccc(-c4ccccc4)cc3)c3ccc4c(c3)c3cccc5c3n4-c3ccccc3C53c4ccccc4-c4ccccc43)cc2)cc1. The Bertz CT molecular complexity index is 3030. The predicted octanol–water partition coefficient (Wildman–Crippen LogP) is 14.3. The van der Waals surface area contributed by atoms with Gasteiger partial charge in [-0.1, -0.05) is 170 Å². The topological polar surface area (TPSA) is 8.17 Å². The first-order valence-electron chi connectivity index (χ1n) is 19.8. The van der Waals surface area contributed by atoms with Gasteiger partial charge in [-0.2, -0.15) is 0 Å². The number of rotatable bonds is 5. The number of hydrogen-bond acceptors (Lipinski definition) is 1. The smallest absolute Gasteiger partial charge is 0.0754 e. The zero-order chi connectivity index (χ0) is 37.5. The highest BCUT2D eigenvalue weighted by Gasteiger charge is 2.50. The van der Waals surface area contributed by atoms with E-state index in [1.165, 1.54) is 83.1 Å². The molecule has 0 unspecified atom stereocenters. The largest absolute Gasteiger partial charge is 0.310 e. The maximum Gasteiger partial charge on any atom is 0.0754 e. The van der Waals surface area contributed by atoms with E-state index in [4.69, 9.17) is 0 Å². The molecule has 0 radical (unpaired) electrons. The molecule has 2 aliphatic rings. The zero-order valence-electron chi connectivity index (χ0n) is 31.2. The summed E-state index contributed by atoms with van der Waals surface area (Å²) in [6.45, 7) is 0. The molecule has 1 spiro atoms. The minimum Gasteiger partial charge on any atom is -0.310 e. The van der Waals surface area contributed by atoms with Crippen LogP contribution in [0, 0.1) is 0 Å². The third kappa shape index (κ3) is 4.53. The third-order valence-electron chi connectivity index (χ3n) is 12.4. The molecule has 0 saturated carbocycles. The molecule has 0 amide bonds. The van der Waals surface area contributed by atoms with Gasteiger partial charge in [0.15, 0.2) is 0 Å². The second-order valence-corrected chi connectivity index (χ2v) is 15.3. The lowest BCUT2D eigenvalue weighted by Crippen LogP contribution is -2.33. The van der Waals surface area contributed by atoms with E-state index in [1.54, 1.807) is 0 Å². The van der Waals surface area contributed by atoms with Gasteiger partial charge >= 0.3 is 0 Å². The summed E-state index contributed by atoms with van der Waals surface area (Å²) in [7, 11) is 0. The maximum atomic E-state index is 2.53. The summed E-state index contributed by atoms with van der Waals surface area (Å²) >= 11 is 0. The second kappa shape index (κ2) is 12.3. The number of nitrogens with zero attached hydrogens (tertiary/aromatic N) is 2. The number of para-hydroxylation sites is 2. The van der Waals surface area contributed by atoms with E-state index in [1.807, 2.05) is 0 Å². The Kier molecular flexibility index (Phi) is 6.88. The second-order valence-electron chi connectivity index (χ2n) is 15.3. The molecule has 1 aliphatic carbocycles. The van der Waals surface area contributed by atoms with Gasteiger partial charge in [0.05, 0.1) is 22.1 Å². The van der Waals surface area contributed by atoms with Crippen LogP contribution in [0.4, 0.5) is 17.1 Å². The van der Waals surface area contributed by atoms with E-state index >= 15 is 0 Å². The van der Waals surface area contributed by atoms with Crippen LogP contribution in [0.3, 0.4) is 0 Å². The van der Waals surface area contributed by atoms with Gasteiger partial charge in [-0.05, 0) is 104 Å². The summed E-state index contributed by atoms with van der Waals surface area (Å²) in [6, 6.07) is 80.4. The number of anilines is 3. The summed E-state index contributed by atoms with van der Waals surface area (Å²) in [5, 5.41) is 2.50. The Morgan fingerprint density at radius 1 is 0.333 bits per heavy atom. The van der Waals surface area contributed by atoms with Crippen LogP contribution in [-0.2, 0) is 5.41 Å². The molecule has 9 aromatic carbocycles. The van der Waals surface area contributed by atoms with Crippen LogP contribution >= 0.6 is 0 Å². The van der Waals surface area contributed by atoms with Crippen molar-refractivity contribution in [3.63, 3.8) is 0 Å². The van der Waals surface area contributed by atoms with Crippen molar-refractivity contribution in [2.45, 2.75) is 5.41 Å². The van der Waals surface area contributed by atoms with Crippen LogP contribution in [0.15, 0.2) is 218 Å². The van der Waals surface area contributed by atoms with E-state index in [0.717, 1.165) is 17.1 Å². The van der Waals surface area contributed by atoms with Crippen LogP contribution in [0.2, 0.25) is 0 Å². The molecule has 2 nitrogen and oxygen atoms in total. The minimum atomic E-state index is -0.427. The molecule has 1 aromatic heterocycles. The van der Waals surface area contributed by atoms with Crippen LogP contribution in [0.1, 0.15) is 22.3 Å². The molecule has 0 N–H and O–H groups in total. The Morgan fingerprint density at radius 3 is 1.40 bits per heavy atom. The summed E-state index contributed by atoms with van der Waals surface area (Å²) in [6.07, 6.45) is 0. The van der Waals surface area contributed by atoms with Gasteiger partial charge in [-0.25, -0.2) is 0 Å². The number of hydrogen-bond donors (Lipinski definition) is 0. The highest BCUT2D eigenvalue weighted by Crippen LogP contribution is 2.61. The first-order chi connectivity index (χ1) is 28.3. The van der Waals surface area contributed by atoms with E-state index in [9.17, 15) is 0 Å². The van der Waals surface area contributed by atoms with Crippen molar-refractivity contribution in [1.29, 1.82) is 0 Å². The lowest BCUT2D eigenvalue weighted by Gasteiger charge is -2.39. The molecule has 0 fully saturated rings. The van der Waals surface area contributed by atoms with E-state index in [2.05, 4.69) is 228 Å². The average molecular weight is 725 g/mol. The molecule has 12 rings (SSSR count). The van der Waals surface area contributed by atoms with Crippen LogP contribution in [-0.4, -0.2) is 4.57 Å². The Balaban J connectivity index is 1.09. The first kappa shape index (κ1) is 31.9. The summed E-state index contributed by atoms with van der Waals surface area (Å²) in [4.78, 5) is 2.40. The molecule has 0 saturated heterocycles. The van der Waals surface area contributed by atoms with Crippen molar-refractivity contribution < 1.29 is 0 Å². The quantitative estimate of drug-likeness (QED) is 0.172. The van der Waals surface area contributed by atoms with E-state index < -0.39 is 5.41 Å². The Hall–Kier alpha value is -7.42. The van der Waals surface area contributed by atoms with Gasteiger partial charge in [0.1, 0.15) is 0 Å². The molecule has 266 valence electrons. The van der Waals surface area contributed by atoms with Crippen molar-refractivity contribution in [1.82, 2.24) is 4.57 Å². The molecular weight excluding hydrogens is 689 g/mol. The molecule has 57 heavy (non-hydrogen) atoms. The zero-order valence-corrected chi connectivity index (χ0v) is 31.2. The molecule has 1 aliphatic heterocycles. The molecule has 0 atom stereocenters. The van der Waals surface area contributed by atoms with Crippen molar-refractivity contribution in [2.75, 3.05) is 4.90 Å². The van der Waals surface area contributed by atoms with Crippen LogP contribution in [0.25, 0.3) is 60.9 Å². The number of benzene rings is 9. The standard InChI is InChI=1S/C55H36N2/c1-3-14-37(15-4-1)39-26-30-41(31-27-39)56(42-32-28-40(29-33-42)38-16-5-2-6-17-38)43-34-35-52-47(36-43)46-20-13-24-51-54(46)57(52)53-25-12-11-23-50(53)55(51)48-21-9-7-18-44(48)45-19-8-10-22-49(45)55/h1-36H. The normalized spacial score (nSPS) is 13.1. The van der Waals surface area contributed by atoms with Gasteiger partial charge in [-0.3, -0.25) is 0 Å². The van der Waals surface area contributed by atoms with Crippen molar-refractivity contribution >= 4 is 38.9 Å². The van der Waals surface area contributed by atoms with Crippen LogP contribution in [0.5, 0.6) is 0 Å². The minimum absolute atomic E-state index is 0.427. The fourth-order valence-corrected chi connectivity index (χ4v) is 10.0. The summed E-state index contributed by atoms with van der Waals surface area (Å²) in [5.74, 6) is 0. The fraction of sp³-hybridized carbons (Fsp3) is 0.0182. The Labute approximate surface area is 332 Å². The third-order valence-corrected chi connectivity index (χ3v) is 12.4. The predicted molar refractivity (Wildman–Crippen MR) is 237 cm³/mol. The highest BCUT2D eigenvalue weighted by molar-refractivity contribution is 6.14. The molecular formula is C55H36N2. The lowest BCUT2D eigenvalue weighted by atomic mass is 9.65. The molecule has 0 bridgehead atoms.